The van der Waals surface area contributed by atoms with Gasteiger partial charge < -0.3 is 9.80 Å². The Hall–Kier alpha value is -4.45. The van der Waals surface area contributed by atoms with Crippen LogP contribution >= 0.6 is 0 Å². The standard InChI is InChI=1S/C47H52BF3N2/c1-43(2,3)29-13-19-34(20-14-29)52-38-23-17-31(45(7,8)9)25-36(38)48-37-26-32(46(10,11)12)18-24-39(37)53(35-21-15-30(16-22-35)44(4,5)6)41-28-33(47(49,50)51)27-40(52)42(41)48/h13-28H,1-12H3. The van der Waals surface area contributed by atoms with E-state index in [0.29, 0.717) is 11.4 Å². The Morgan fingerprint density at radius 3 is 1.00 bits per heavy atom. The van der Waals surface area contributed by atoms with E-state index in [0.717, 1.165) is 39.1 Å². The van der Waals surface area contributed by atoms with Crippen molar-refractivity contribution in [1.29, 1.82) is 0 Å². The summed E-state index contributed by atoms with van der Waals surface area (Å²) >= 11 is 0. The number of alkyl halides is 3. The van der Waals surface area contributed by atoms with Crippen LogP contribution in [0.2, 0.25) is 0 Å². The van der Waals surface area contributed by atoms with E-state index in [1.165, 1.54) is 34.4 Å². The maximum absolute atomic E-state index is 15.1. The average Bonchev–Trinajstić information content (AvgIpc) is 3.05. The zero-order valence-electron chi connectivity index (χ0n) is 33.3. The molecule has 6 heteroatoms. The molecule has 2 aliphatic heterocycles. The van der Waals surface area contributed by atoms with Crippen molar-refractivity contribution < 1.29 is 13.2 Å². The first-order valence-electron chi connectivity index (χ1n) is 18.8. The fraction of sp³-hybridized carbons (Fsp3) is 0.362. The molecule has 5 aromatic rings. The molecule has 0 saturated carbocycles. The summed E-state index contributed by atoms with van der Waals surface area (Å²) < 4.78 is 45.4. The summed E-state index contributed by atoms with van der Waals surface area (Å²) in [6, 6.07) is 32.6. The highest BCUT2D eigenvalue weighted by Gasteiger charge is 2.46. The van der Waals surface area contributed by atoms with Crippen LogP contribution in [-0.4, -0.2) is 6.71 Å². The normalized spacial score (nSPS) is 14.6. The molecule has 2 aliphatic rings. The lowest BCUT2D eigenvalue weighted by atomic mass is 9.33. The third-order valence-corrected chi connectivity index (χ3v) is 11.1. The van der Waals surface area contributed by atoms with Crippen molar-refractivity contribution in [2.24, 2.45) is 0 Å². The van der Waals surface area contributed by atoms with Gasteiger partial charge in [-0.1, -0.05) is 132 Å². The number of anilines is 6. The predicted octanol–water partition coefficient (Wildman–Crippen LogP) is 12.0. The highest BCUT2D eigenvalue weighted by atomic mass is 19.4. The summed E-state index contributed by atoms with van der Waals surface area (Å²) in [5.74, 6) is 0. The predicted molar refractivity (Wildman–Crippen MR) is 220 cm³/mol. The third kappa shape index (κ3) is 6.46. The first kappa shape index (κ1) is 36.9. The van der Waals surface area contributed by atoms with E-state index in [1.54, 1.807) is 0 Å². The van der Waals surface area contributed by atoms with Crippen LogP contribution in [0.15, 0.2) is 97.1 Å². The molecule has 0 aromatic heterocycles. The summed E-state index contributed by atoms with van der Waals surface area (Å²) in [7, 11) is 0. The summed E-state index contributed by atoms with van der Waals surface area (Å²) in [4.78, 5) is 4.14. The lowest BCUT2D eigenvalue weighted by Crippen LogP contribution is -2.61. The molecule has 274 valence electrons. The van der Waals surface area contributed by atoms with Gasteiger partial charge in [-0.3, -0.25) is 0 Å². The Morgan fingerprint density at radius 1 is 0.377 bits per heavy atom. The Balaban J connectivity index is 1.61. The Kier molecular flexibility index (Phi) is 8.38. The van der Waals surface area contributed by atoms with E-state index in [9.17, 15) is 0 Å². The fourth-order valence-corrected chi connectivity index (χ4v) is 7.88. The van der Waals surface area contributed by atoms with Gasteiger partial charge >= 0.3 is 6.18 Å². The van der Waals surface area contributed by atoms with Crippen LogP contribution in [0.3, 0.4) is 0 Å². The molecule has 2 heterocycles. The van der Waals surface area contributed by atoms with Gasteiger partial charge in [-0.2, -0.15) is 13.2 Å². The zero-order chi connectivity index (χ0) is 38.6. The van der Waals surface area contributed by atoms with Crippen molar-refractivity contribution in [1.82, 2.24) is 0 Å². The number of hydrogen-bond donors (Lipinski definition) is 0. The number of halogens is 3. The molecule has 0 saturated heterocycles. The van der Waals surface area contributed by atoms with E-state index in [1.807, 2.05) is 0 Å². The number of benzene rings is 5. The molecule has 0 atom stereocenters. The van der Waals surface area contributed by atoms with Gasteiger partial charge in [-0.25, -0.2) is 0 Å². The van der Waals surface area contributed by atoms with Crippen molar-refractivity contribution in [3.8, 4) is 0 Å². The minimum Gasteiger partial charge on any atom is -0.311 e. The minimum atomic E-state index is -4.56. The van der Waals surface area contributed by atoms with E-state index < -0.39 is 11.7 Å². The van der Waals surface area contributed by atoms with Crippen molar-refractivity contribution in [3.05, 3.63) is 125 Å². The molecule has 0 unspecified atom stereocenters. The molecule has 0 spiro atoms. The molecule has 0 aliphatic carbocycles. The van der Waals surface area contributed by atoms with E-state index in [-0.39, 0.29) is 28.4 Å². The Morgan fingerprint density at radius 2 is 0.698 bits per heavy atom. The first-order chi connectivity index (χ1) is 24.4. The summed E-state index contributed by atoms with van der Waals surface area (Å²) in [5.41, 5.74) is 11.3. The molecule has 0 bridgehead atoms. The van der Waals surface area contributed by atoms with Crippen LogP contribution in [0.1, 0.15) is 111 Å². The third-order valence-electron chi connectivity index (χ3n) is 11.1. The second-order valence-corrected chi connectivity index (χ2v) is 19.2. The van der Waals surface area contributed by atoms with E-state index >= 15 is 13.2 Å². The SMILES string of the molecule is CC(C)(C)c1ccc(N2c3ccc(C(C)(C)C)cc3B3c4cc(C(C)(C)C)ccc4N(c4ccc(C(C)(C)C)cc4)c4cc(C(F)(F)F)cc2c43)cc1. The number of fused-ring (bicyclic) bond motifs is 4. The second-order valence-electron chi connectivity index (χ2n) is 19.2. The zero-order valence-corrected chi connectivity index (χ0v) is 33.3. The van der Waals surface area contributed by atoms with Gasteiger partial charge in [0.05, 0.1) is 5.56 Å². The second kappa shape index (κ2) is 12.0. The molecule has 7 rings (SSSR count). The minimum absolute atomic E-state index is 0.0715. The molecule has 5 aromatic carbocycles. The number of nitrogens with zero attached hydrogens (tertiary/aromatic N) is 2. The van der Waals surface area contributed by atoms with Crippen LogP contribution in [0, 0.1) is 0 Å². The highest BCUT2D eigenvalue weighted by Crippen LogP contribution is 2.48. The largest absolute Gasteiger partial charge is 0.416 e. The quantitative estimate of drug-likeness (QED) is 0.165. The molecule has 0 radical (unpaired) electrons. The molecular weight excluding hydrogens is 660 g/mol. The van der Waals surface area contributed by atoms with Crippen LogP contribution in [-0.2, 0) is 27.8 Å². The van der Waals surface area contributed by atoms with Crippen molar-refractivity contribution >= 4 is 57.2 Å². The van der Waals surface area contributed by atoms with Crippen molar-refractivity contribution in [2.75, 3.05) is 9.80 Å². The van der Waals surface area contributed by atoms with Gasteiger partial charge in [0.25, 0.3) is 6.71 Å². The summed E-state index contributed by atoms with van der Waals surface area (Å²) in [5, 5.41) is 0. The van der Waals surface area contributed by atoms with Gasteiger partial charge in [-0.05, 0) is 109 Å². The van der Waals surface area contributed by atoms with Gasteiger partial charge in [0.1, 0.15) is 0 Å². The van der Waals surface area contributed by atoms with Crippen LogP contribution in [0.5, 0.6) is 0 Å². The van der Waals surface area contributed by atoms with Crippen LogP contribution in [0.4, 0.5) is 47.3 Å². The maximum atomic E-state index is 15.1. The number of rotatable bonds is 2. The van der Waals surface area contributed by atoms with Gasteiger partial charge in [0.15, 0.2) is 0 Å². The summed E-state index contributed by atoms with van der Waals surface area (Å²) in [6.07, 6.45) is -4.56. The molecule has 53 heavy (non-hydrogen) atoms. The molecule has 0 amide bonds. The van der Waals surface area contributed by atoms with E-state index in [4.69, 9.17) is 0 Å². The van der Waals surface area contributed by atoms with Crippen molar-refractivity contribution in [3.63, 3.8) is 0 Å². The lowest BCUT2D eigenvalue weighted by Gasteiger charge is -2.45. The molecule has 2 nitrogen and oxygen atoms in total. The van der Waals surface area contributed by atoms with Crippen LogP contribution in [0.25, 0.3) is 0 Å². The Labute approximate surface area is 315 Å². The van der Waals surface area contributed by atoms with Crippen molar-refractivity contribution in [2.45, 2.75) is 111 Å². The lowest BCUT2D eigenvalue weighted by molar-refractivity contribution is -0.137. The van der Waals surface area contributed by atoms with Gasteiger partial charge in [0.2, 0.25) is 0 Å². The van der Waals surface area contributed by atoms with Gasteiger partial charge in [0, 0.05) is 34.1 Å². The topological polar surface area (TPSA) is 6.48 Å². The molecule has 0 N–H and O–H groups in total. The van der Waals surface area contributed by atoms with E-state index in [2.05, 4.69) is 178 Å². The van der Waals surface area contributed by atoms with Gasteiger partial charge in [-0.15, -0.1) is 0 Å². The molecular formula is C47H52BF3N2. The maximum Gasteiger partial charge on any atom is 0.416 e. The smallest absolute Gasteiger partial charge is 0.311 e. The molecule has 0 fully saturated rings. The highest BCUT2D eigenvalue weighted by molar-refractivity contribution is 7.00. The number of hydrogen-bond acceptors (Lipinski definition) is 2. The fourth-order valence-electron chi connectivity index (χ4n) is 7.88. The Bertz CT molecular complexity index is 2060. The monoisotopic (exact) mass is 712 g/mol. The first-order valence-corrected chi connectivity index (χ1v) is 18.8. The summed E-state index contributed by atoms with van der Waals surface area (Å²) in [6.45, 7) is 26.0. The van der Waals surface area contributed by atoms with Crippen LogP contribution < -0.4 is 26.2 Å². The average molecular weight is 713 g/mol.